The first-order valence-electron chi connectivity index (χ1n) is 0.928. The van der Waals surface area contributed by atoms with E-state index in [4.69, 9.17) is 9.90 Å². The van der Waals surface area contributed by atoms with Crippen LogP contribution in [0.15, 0.2) is 0 Å². The number of hydrogen-bond donors (Lipinski definition) is 1. The average Bonchev–Trinajstić information content (AvgIpc) is 0.811. The molecule has 1 N–H and O–H groups in total. The van der Waals surface area contributed by atoms with Crippen molar-refractivity contribution in [3.8, 4) is 0 Å². The van der Waals surface area contributed by atoms with Gasteiger partial charge >= 0.3 is 0 Å². The zero-order valence-electron chi connectivity index (χ0n) is 2.36. The topological polar surface area (TPSA) is 37.3 Å². The molecule has 0 fully saturated rings. The van der Waals surface area contributed by atoms with Crippen molar-refractivity contribution >= 4 is 5.97 Å². The number of carboxylic acid groups (broad SMARTS) is 1. The van der Waals surface area contributed by atoms with Crippen LogP contribution in [0.5, 0.6) is 0 Å². The third-order valence-corrected chi connectivity index (χ3v) is 0. The van der Waals surface area contributed by atoms with E-state index in [1.54, 1.807) is 0 Å². The molecule has 2 heteroatoms. The summed E-state index contributed by atoms with van der Waals surface area (Å²) in [4.78, 5) is 9.00. The Bertz CT molecular complexity index is 27.0. The molecule has 24 valence electrons. The van der Waals surface area contributed by atoms with Crippen LogP contribution in [0.1, 0.15) is 6.92 Å². The Morgan fingerprint density at radius 2 is 2.00 bits per heavy atom. The molecule has 0 aromatic heterocycles. The van der Waals surface area contributed by atoms with Crippen LogP contribution in [0.25, 0.3) is 0 Å². The molecule has 0 atom stereocenters. The zero-order chi connectivity index (χ0) is 3.58. The molecule has 0 radical (unpaired) electrons. The molecule has 0 bridgehead atoms. The second kappa shape index (κ2) is 0.875. The first kappa shape index (κ1) is 3.47. The molecule has 0 aromatic rings. The van der Waals surface area contributed by atoms with E-state index >= 15 is 0 Å². The fraction of sp³-hybridized carbons (Fsp3) is 0.500. The predicted octanol–water partition coefficient (Wildman–Crippen LogP) is 0.0909. The van der Waals surface area contributed by atoms with Crippen LogP contribution < -0.4 is 0 Å². The van der Waals surface area contributed by atoms with Gasteiger partial charge in [0.1, 0.15) is 0 Å². The lowest BCUT2D eigenvalue weighted by Crippen LogP contribution is -1.78. The number of carbonyl (C=O) groups is 1. The van der Waals surface area contributed by atoms with E-state index in [0.29, 0.717) is 0 Å². The smallest absolute Gasteiger partial charge is 0.300 e. The molecule has 0 spiro atoms. The van der Waals surface area contributed by atoms with Crippen LogP contribution >= 0.6 is 0 Å². The summed E-state index contributed by atoms with van der Waals surface area (Å²) in [6.07, 6.45) is 0. The third-order valence-electron chi connectivity index (χ3n) is 0. The van der Waals surface area contributed by atoms with Crippen molar-refractivity contribution in [1.29, 1.82) is 0 Å². The Labute approximate surface area is 24.1 Å². The van der Waals surface area contributed by atoms with Crippen molar-refractivity contribution < 1.29 is 9.90 Å². The van der Waals surface area contributed by atoms with Crippen LogP contribution in [0, 0.1) is 0 Å². The zero-order valence-corrected chi connectivity index (χ0v) is 2.36. The molecular weight excluding hydrogens is 63.0 g/mol. The summed E-state index contributed by atoms with van der Waals surface area (Å²) in [6.45, 7) is 1.08. The largest absolute Gasteiger partial charge is 0.481 e. The van der Waals surface area contributed by atoms with Crippen LogP contribution in [-0.2, 0) is 4.79 Å². The van der Waals surface area contributed by atoms with E-state index in [1.165, 1.54) is 0 Å². The van der Waals surface area contributed by atoms with Crippen molar-refractivity contribution in [2.24, 2.45) is 0 Å². The summed E-state index contributed by atoms with van der Waals surface area (Å²) in [7, 11) is 0. The fourth-order valence-corrected chi connectivity index (χ4v) is 0. The summed E-state index contributed by atoms with van der Waals surface area (Å²) in [5, 5.41) is 7.42. The van der Waals surface area contributed by atoms with Crippen LogP contribution in [-0.4, -0.2) is 11.1 Å². The molecule has 0 aliphatic carbocycles. The van der Waals surface area contributed by atoms with Gasteiger partial charge in [-0.25, -0.2) is 0 Å². The van der Waals surface area contributed by atoms with Crippen LogP contribution in [0.4, 0.5) is 0 Å². The first-order valence-corrected chi connectivity index (χ1v) is 0.928. The molecule has 4 heavy (non-hydrogen) atoms. The molecule has 2 nitrogen and oxygen atoms in total. The molecule has 0 amide bonds. The standard InChI is InChI=1S/C2H4O2/c1-2(3)4/h1H3,(H,3,4)/i2+7. The maximum Gasteiger partial charge on any atom is 0.300 e. The van der Waals surface area contributed by atoms with E-state index in [0.717, 1.165) is 6.92 Å². The van der Waals surface area contributed by atoms with Gasteiger partial charge in [0.15, 0.2) is 0 Å². The molecule has 0 saturated carbocycles. The number of carboxylic acids is 1. The van der Waals surface area contributed by atoms with E-state index in [1.807, 2.05) is 0 Å². The summed E-state index contributed by atoms with van der Waals surface area (Å²) in [5.41, 5.74) is 0. The van der Waals surface area contributed by atoms with E-state index in [-0.39, 0.29) is 0 Å². The maximum atomic E-state index is 9.00. The Morgan fingerprint density at radius 3 is 2.00 bits per heavy atom. The van der Waals surface area contributed by atoms with Crippen LogP contribution in [0.3, 0.4) is 0 Å². The van der Waals surface area contributed by atoms with Crippen molar-refractivity contribution in [3.63, 3.8) is 0 Å². The normalized spacial score (nSPS) is 6.25. The highest BCUT2D eigenvalue weighted by Crippen LogP contribution is 1.42. The van der Waals surface area contributed by atoms with Crippen molar-refractivity contribution in [3.05, 3.63) is 0 Å². The van der Waals surface area contributed by atoms with Gasteiger partial charge in [-0.05, 0) is 0 Å². The summed E-state index contributed by atoms with van der Waals surface area (Å²) >= 11 is 0. The van der Waals surface area contributed by atoms with Gasteiger partial charge in [-0.15, -0.1) is 0 Å². The van der Waals surface area contributed by atoms with Gasteiger partial charge in [-0.2, -0.15) is 0 Å². The highest BCUT2D eigenvalue weighted by atomic mass is 19.6. The number of rotatable bonds is 0. The highest BCUT2D eigenvalue weighted by molar-refractivity contribution is 5.62. The van der Waals surface area contributed by atoms with Gasteiger partial charge in [0, 0.05) is 6.92 Å². The minimum absolute atomic E-state index is 0.833. The molecule has 0 aliphatic rings. The second-order valence-corrected chi connectivity index (χ2v) is 0.519. The van der Waals surface area contributed by atoms with Gasteiger partial charge in [0.2, 0.25) is 0 Å². The van der Waals surface area contributed by atoms with E-state index in [2.05, 4.69) is 0 Å². The lowest BCUT2D eigenvalue weighted by molar-refractivity contribution is -0.134. The van der Waals surface area contributed by atoms with E-state index in [9.17, 15) is 0 Å². The molecule has 0 heterocycles. The average molecular weight is 67.1 g/mol. The Kier molecular flexibility index (Phi) is 0.759. The SMILES string of the molecule is C[19C](=O)O. The molecular formula is C2H4O2. The van der Waals surface area contributed by atoms with Crippen molar-refractivity contribution in [1.82, 2.24) is 0 Å². The Balaban J connectivity index is 2.80. The molecule has 0 unspecified atom stereocenters. The minimum atomic E-state index is -0.833. The fourth-order valence-electron chi connectivity index (χ4n) is 0. The van der Waals surface area contributed by atoms with Crippen molar-refractivity contribution in [2.45, 2.75) is 6.92 Å². The molecule has 0 aromatic carbocycles. The lowest BCUT2D eigenvalue weighted by atomic mass is 11.9. The van der Waals surface area contributed by atoms with Crippen LogP contribution in [0.2, 0.25) is 0 Å². The van der Waals surface area contributed by atoms with Gasteiger partial charge in [-0.3, -0.25) is 4.79 Å². The lowest BCUT2D eigenvalue weighted by Gasteiger charge is -1.59. The summed E-state index contributed by atoms with van der Waals surface area (Å²) in [5.74, 6) is -0.833. The predicted molar refractivity (Wildman–Crippen MR) is 13.3 cm³/mol. The monoisotopic (exact) mass is 67.1 g/mol. The Hall–Kier alpha value is -0.530. The summed E-state index contributed by atoms with van der Waals surface area (Å²) in [6, 6.07) is 0. The van der Waals surface area contributed by atoms with Gasteiger partial charge in [0.05, 0.1) is 0 Å². The molecule has 0 aliphatic heterocycles. The number of hydrogen-bond acceptors (Lipinski definition) is 1. The first-order chi connectivity index (χ1) is 1.73. The number of aliphatic carboxylic acids is 1. The second-order valence-electron chi connectivity index (χ2n) is 0.519. The summed E-state index contributed by atoms with van der Waals surface area (Å²) < 4.78 is 0. The minimum Gasteiger partial charge on any atom is -0.481 e. The quantitative estimate of drug-likeness (QED) is 0.436. The maximum absolute atomic E-state index is 9.00. The highest BCUT2D eigenvalue weighted by Gasteiger charge is 1.65. The van der Waals surface area contributed by atoms with E-state index < -0.39 is 5.97 Å². The Morgan fingerprint density at radius 1 is 2.00 bits per heavy atom. The van der Waals surface area contributed by atoms with Gasteiger partial charge < -0.3 is 5.11 Å². The third kappa shape index (κ3) is 1.16. The van der Waals surface area contributed by atoms with Gasteiger partial charge in [-0.1, -0.05) is 0 Å². The van der Waals surface area contributed by atoms with Crippen molar-refractivity contribution in [2.75, 3.05) is 0 Å². The molecule has 0 saturated heterocycles. The van der Waals surface area contributed by atoms with Gasteiger partial charge in [0.25, 0.3) is 5.97 Å². The molecule has 0 rings (SSSR count).